The van der Waals surface area contributed by atoms with Crippen molar-refractivity contribution in [1.29, 1.82) is 0 Å². The summed E-state index contributed by atoms with van der Waals surface area (Å²) >= 11 is 0. The standard InChI is InChI=1S/C31H38N8O/c1-7-8-11-23-20-39(29-26(31(4,5)6)16-17-37(29)21(2)3)30(40)38(23)19-22-14-15-27(32-18-22)24-12-9-10-13-25(24)28-33-35-36-34-28/h9-10,12-18,20-21H,7-8,11,19H2,1-6H3,(H,33,34,35,36). The highest BCUT2D eigenvalue weighted by Crippen LogP contribution is 2.32. The third-order valence-electron chi connectivity index (χ3n) is 7.28. The second-order valence-corrected chi connectivity index (χ2v) is 11.6. The van der Waals surface area contributed by atoms with E-state index in [1.807, 2.05) is 57.9 Å². The van der Waals surface area contributed by atoms with Gasteiger partial charge in [-0.15, -0.1) is 10.2 Å². The number of pyridine rings is 1. The molecule has 1 aromatic carbocycles. The highest BCUT2D eigenvalue weighted by Gasteiger charge is 2.26. The molecule has 4 aromatic heterocycles. The lowest BCUT2D eigenvalue weighted by Crippen LogP contribution is -2.28. The molecule has 5 aromatic rings. The maximum absolute atomic E-state index is 14.0. The zero-order chi connectivity index (χ0) is 28.4. The van der Waals surface area contributed by atoms with Gasteiger partial charge in [0.2, 0.25) is 5.82 Å². The fraction of sp³-hybridized carbons (Fsp3) is 0.387. The first-order chi connectivity index (χ1) is 19.2. The molecule has 5 rings (SSSR count). The number of benzene rings is 1. The molecule has 0 amide bonds. The minimum absolute atomic E-state index is 0.0243. The number of nitrogens with zero attached hydrogens (tertiary/aromatic N) is 7. The molecule has 0 saturated heterocycles. The van der Waals surface area contributed by atoms with Gasteiger partial charge in [0.25, 0.3) is 0 Å². The molecule has 0 saturated carbocycles. The molecule has 0 aliphatic heterocycles. The van der Waals surface area contributed by atoms with Gasteiger partial charge in [-0.1, -0.05) is 64.4 Å². The summed E-state index contributed by atoms with van der Waals surface area (Å²) in [7, 11) is 0. The zero-order valence-electron chi connectivity index (χ0n) is 24.2. The summed E-state index contributed by atoms with van der Waals surface area (Å²) in [5.74, 6) is 1.48. The van der Waals surface area contributed by atoms with Gasteiger partial charge >= 0.3 is 5.69 Å². The van der Waals surface area contributed by atoms with Gasteiger partial charge in [-0.3, -0.25) is 14.1 Å². The van der Waals surface area contributed by atoms with Crippen molar-refractivity contribution in [3.8, 4) is 28.5 Å². The normalized spacial score (nSPS) is 12.0. The molecule has 40 heavy (non-hydrogen) atoms. The van der Waals surface area contributed by atoms with Crippen LogP contribution in [0.15, 0.2) is 65.8 Å². The molecule has 1 N–H and O–H groups in total. The van der Waals surface area contributed by atoms with E-state index in [0.717, 1.165) is 58.7 Å². The summed E-state index contributed by atoms with van der Waals surface area (Å²) in [6.07, 6.45) is 8.92. The zero-order valence-corrected chi connectivity index (χ0v) is 24.2. The fourth-order valence-corrected chi connectivity index (χ4v) is 5.14. The van der Waals surface area contributed by atoms with Crippen LogP contribution < -0.4 is 5.69 Å². The second-order valence-electron chi connectivity index (χ2n) is 11.6. The van der Waals surface area contributed by atoms with Gasteiger partial charge in [0.15, 0.2) is 0 Å². The number of aromatic amines is 1. The van der Waals surface area contributed by atoms with E-state index in [2.05, 4.69) is 79.0 Å². The van der Waals surface area contributed by atoms with E-state index >= 15 is 0 Å². The lowest BCUT2D eigenvalue weighted by Gasteiger charge is -2.22. The second kappa shape index (κ2) is 11.1. The van der Waals surface area contributed by atoms with E-state index in [1.165, 1.54) is 0 Å². The smallest absolute Gasteiger partial charge is 0.331 e. The van der Waals surface area contributed by atoms with Crippen LogP contribution in [0.25, 0.3) is 28.5 Å². The van der Waals surface area contributed by atoms with E-state index in [9.17, 15) is 4.79 Å². The summed E-state index contributed by atoms with van der Waals surface area (Å²) in [5.41, 5.74) is 5.63. The summed E-state index contributed by atoms with van der Waals surface area (Å²) in [4.78, 5) is 18.8. The average Bonchev–Trinajstić information content (AvgIpc) is 3.68. The largest absolute Gasteiger partial charge is 0.334 e. The number of unbranched alkanes of at least 4 members (excludes halogenated alkanes) is 1. The van der Waals surface area contributed by atoms with Crippen molar-refractivity contribution < 1.29 is 0 Å². The molecule has 0 aliphatic rings. The van der Waals surface area contributed by atoms with Gasteiger partial charge in [0.1, 0.15) is 5.82 Å². The van der Waals surface area contributed by atoms with Crippen LogP contribution in [-0.2, 0) is 18.4 Å². The van der Waals surface area contributed by atoms with Gasteiger partial charge in [-0.05, 0) is 55.0 Å². The summed E-state index contributed by atoms with van der Waals surface area (Å²) in [5, 5.41) is 14.5. The maximum atomic E-state index is 14.0. The molecule has 0 bridgehead atoms. The molecule has 0 atom stereocenters. The van der Waals surface area contributed by atoms with Crippen molar-refractivity contribution in [3.05, 3.63) is 88.4 Å². The van der Waals surface area contributed by atoms with E-state index in [0.29, 0.717) is 12.4 Å². The molecule has 9 heteroatoms. The third-order valence-corrected chi connectivity index (χ3v) is 7.28. The first-order valence-corrected chi connectivity index (χ1v) is 14.0. The van der Waals surface area contributed by atoms with Crippen LogP contribution in [0.3, 0.4) is 0 Å². The van der Waals surface area contributed by atoms with Gasteiger partial charge in [0.05, 0.1) is 12.2 Å². The number of hydrogen-bond donors (Lipinski definition) is 1. The maximum Gasteiger partial charge on any atom is 0.334 e. The predicted molar refractivity (Wildman–Crippen MR) is 158 cm³/mol. The van der Waals surface area contributed by atoms with E-state index in [1.54, 1.807) is 0 Å². The van der Waals surface area contributed by atoms with Crippen molar-refractivity contribution >= 4 is 0 Å². The molecule has 0 fully saturated rings. The number of tetrazole rings is 1. The van der Waals surface area contributed by atoms with Gasteiger partial charge in [-0.25, -0.2) is 4.79 Å². The third kappa shape index (κ3) is 5.28. The molecule has 0 unspecified atom stereocenters. The Morgan fingerprint density at radius 3 is 2.42 bits per heavy atom. The van der Waals surface area contributed by atoms with Crippen LogP contribution in [0.1, 0.15) is 77.2 Å². The quantitative estimate of drug-likeness (QED) is 0.250. The number of imidazole rings is 1. The summed E-state index contributed by atoms with van der Waals surface area (Å²) in [6.45, 7) is 13.5. The Morgan fingerprint density at radius 1 is 1.02 bits per heavy atom. The highest BCUT2D eigenvalue weighted by atomic mass is 16.1. The topological polar surface area (TPSA) is 99.2 Å². The van der Waals surface area contributed by atoms with Crippen molar-refractivity contribution in [2.75, 3.05) is 0 Å². The van der Waals surface area contributed by atoms with Gasteiger partial charge < -0.3 is 4.57 Å². The van der Waals surface area contributed by atoms with Crippen LogP contribution in [0, 0.1) is 0 Å². The summed E-state index contributed by atoms with van der Waals surface area (Å²) < 4.78 is 5.96. The Kier molecular flexibility index (Phi) is 7.56. The van der Waals surface area contributed by atoms with Crippen LogP contribution in [0.5, 0.6) is 0 Å². The number of aromatic nitrogens is 8. The molecule has 0 aliphatic carbocycles. The van der Waals surface area contributed by atoms with Crippen molar-refractivity contribution in [2.45, 2.75) is 78.8 Å². The number of aryl methyl sites for hydroxylation is 1. The Labute approximate surface area is 234 Å². The van der Waals surface area contributed by atoms with Crippen LogP contribution in [0.2, 0.25) is 0 Å². The van der Waals surface area contributed by atoms with Crippen molar-refractivity contribution in [3.63, 3.8) is 0 Å². The average molecular weight is 539 g/mol. The molecule has 208 valence electrons. The Balaban J connectivity index is 1.53. The minimum atomic E-state index is -0.0991. The molecular formula is C31H38N8O. The molecule has 0 spiro atoms. The minimum Gasteiger partial charge on any atom is -0.331 e. The van der Waals surface area contributed by atoms with Crippen LogP contribution >= 0.6 is 0 Å². The lowest BCUT2D eigenvalue weighted by atomic mass is 9.88. The number of hydrogen-bond acceptors (Lipinski definition) is 5. The van der Waals surface area contributed by atoms with Crippen LogP contribution in [0.4, 0.5) is 0 Å². The highest BCUT2D eigenvalue weighted by molar-refractivity contribution is 5.78. The van der Waals surface area contributed by atoms with Crippen LogP contribution in [-0.4, -0.2) is 39.3 Å². The monoisotopic (exact) mass is 538 g/mol. The van der Waals surface area contributed by atoms with Crippen molar-refractivity contribution in [2.24, 2.45) is 0 Å². The first kappa shape index (κ1) is 27.3. The number of nitrogens with one attached hydrogen (secondary N) is 1. The Hall–Kier alpha value is -4.27. The van der Waals surface area contributed by atoms with E-state index < -0.39 is 0 Å². The Morgan fingerprint density at radius 2 is 1.80 bits per heavy atom. The molecular weight excluding hydrogens is 500 g/mol. The predicted octanol–water partition coefficient (Wildman–Crippen LogP) is 5.95. The number of H-pyrrole nitrogens is 1. The van der Waals surface area contributed by atoms with Crippen molar-refractivity contribution in [1.82, 2.24) is 39.3 Å². The van der Waals surface area contributed by atoms with E-state index in [-0.39, 0.29) is 17.1 Å². The van der Waals surface area contributed by atoms with Gasteiger partial charge in [-0.2, -0.15) is 5.21 Å². The fourth-order valence-electron chi connectivity index (χ4n) is 5.14. The van der Waals surface area contributed by atoms with Gasteiger partial charge in [0, 0.05) is 47.0 Å². The van der Waals surface area contributed by atoms with E-state index in [4.69, 9.17) is 4.98 Å². The Bertz CT molecular complexity index is 1630. The SMILES string of the molecule is CCCCc1cn(-c2c(C(C)(C)C)ccn2C(C)C)c(=O)n1Cc1ccc(-c2ccccc2-c2nn[nH]n2)nc1. The molecule has 4 heterocycles. The first-order valence-electron chi connectivity index (χ1n) is 14.0. The molecule has 0 radical (unpaired) electrons. The number of rotatable bonds is 9. The molecule has 9 nitrogen and oxygen atoms in total. The lowest BCUT2D eigenvalue weighted by molar-refractivity contribution is 0.553. The summed E-state index contributed by atoms with van der Waals surface area (Å²) in [6, 6.07) is 14.3.